The number of nitrogens with zero attached hydrogens (tertiary/aromatic N) is 2. The maximum atomic E-state index is 12.1. The lowest BCUT2D eigenvalue weighted by molar-refractivity contribution is 0.0463. The van der Waals surface area contributed by atoms with Crippen LogP contribution < -0.4 is 0 Å². The van der Waals surface area contributed by atoms with E-state index in [1.54, 1.807) is 12.1 Å². The molecule has 21 heavy (non-hydrogen) atoms. The summed E-state index contributed by atoms with van der Waals surface area (Å²) in [6, 6.07) is 5.92. The number of ether oxygens (including phenoxy) is 1. The van der Waals surface area contributed by atoms with E-state index in [-0.39, 0.29) is 22.8 Å². The minimum atomic E-state index is -3.51. The quantitative estimate of drug-likeness (QED) is 0.772. The Morgan fingerprint density at radius 3 is 2.71 bits per heavy atom. The molecule has 0 aliphatic carbocycles. The second-order valence-corrected chi connectivity index (χ2v) is 7.57. The van der Waals surface area contributed by atoms with Crippen molar-refractivity contribution in [2.75, 3.05) is 5.75 Å². The normalized spacial score (nSPS) is 11.3. The second-order valence-electron chi connectivity index (χ2n) is 3.97. The van der Waals surface area contributed by atoms with Crippen LogP contribution in [0.3, 0.4) is 0 Å². The molecule has 0 N–H and O–H groups in total. The second kappa shape index (κ2) is 6.50. The van der Waals surface area contributed by atoms with Crippen LogP contribution in [0.5, 0.6) is 0 Å². The summed E-state index contributed by atoms with van der Waals surface area (Å²) < 4.78 is 32.9. The van der Waals surface area contributed by atoms with Crippen LogP contribution in [0.2, 0.25) is 4.34 Å². The summed E-state index contributed by atoms with van der Waals surface area (Å²) in [6.45, 7) is 1.35. The molecule has 1 aromatic carbocycles. The zero-order valence-corrected chi connectivity index (χ0v) is 13.3. The fourth-order valence-corrected chi connectivity index (χ4v) is 3.24. The van der Waals surface area contributed by atoms with E-state index < -0.39 is 15.8 Å². The van der Waals surface area contributed by atoms with Crippen LogP contribution in [-0.4, -0.2) is 29.7 Å². The van der Waals surface area contributed by atoms with Gasteiger partial charge in [-0.2, -0.15) is 0 Å². The number of rotatable bonds is 5. The van der Waals surface area contributed by atoms with Gasteiger partial charge < -0.3 is 4.74 Å². The molecule has 0 saturated carbocycles. The summed E-state index contributed by atoms with van der Waals surface area (Å²) in [5, 5.41) is 3.71. The molecule has 0 bridgehead atoms. The molecule has 1 heterocycles. The Kier molecular flexibility index (Phi) is 4.92. The van der Waals surface area contributed by atoms with E-state index in [9.17, 15) is 13.2 Å². The molecule has 2 aromatic rings. The predicted octanol–water partition coefficient (Wildman–Crippen LogP) is 2.34. The molecular formula is C12H11ClN2O4S2. The van der Waals surface area contributed by atoms with Gasteiger partial charge in [0.1, 0.15) is 16.6 Å². The Balaban J connectivity index is 2.22. The monoisotopic (exact) mass is 346 g/mol. The van der Waals surface area contributed by atoms with Crippen LogP contribution in [-0.2, 0) is 21.2 Å². The molecule has 0 saturated heterocycles. The van der Waals surface area contributed by atoms with Gasteiger partial charge in [0.2, 0.25) is 0 Å². The number of benzene rings is 1. The summed E-state index contributed by atoms with van der Waals surface area (Å²) in [6.07, 6.45) is 0. The van der Waals surface area contributed by atoms with Crippen LogP contribution in [0.4, 0.5) is 0 Å². The summed E-state index contributed by atoms with van der Waals surface area (Å²) in [5.74, 6) is -0.842. The van der Waals surface area contributed by atoms with Gasteiger partial charge in [-0.25, -0.2) is 13.2 Å². The van der Waals surface area contributed by atoms with Crippen molar-refractivity contribution in [2.45, 2.75) is 18.4 Å². The minimum absolute atomic E-state index is 0.00124. The van der Waals surface area contributed by atoms with Gasteiger partial charge in [-0.1, -0.05) is 35.1 Å². The van der Waals surface area contributed by atoms with Crippen molar-refractivity contribution in [1.82, 2.24) is 9.59 Å². The first-order valence-electron chi connectivity index (χ1n) is 5.91. The highest BCUT2D eigenvalue weighted by Crippen LogP contribution is 2.21. The van der Waals surface area contributed by atoms with Crippen molar-refractivity contribution < 1.29 is 17.9 Å². The number of aromatic nitrogens is 2. The van der Waals surface area contributed by atoms with Crippen LogP contribution in [0, 0.1) is 0 Å². The van der Waals surface area contributed by atoms with Gasteiger partial charge in [0.15, 0.2) is 9.84 Å². The average molecular weight is 347 g/mol. The van der Waals surface area contributed by atoms with Gasteiger partial charge in [0.05, 0.1) is 16.2 Å². The van der Waals surface area contributed by atoms with E-state index in [0.717, 1.165) is 11.5 Å². The predicted molar refractivity (Wildman–Crippen MR) is 78.2 cm³/mol. The Morgan fingerprint density at radius 2 is 2.10 bits per heavy atom. The fourth-order valence-electron chi connectivity index (χ4n) is 1.56. The van der Waals surface area contributed by atoms with Gasteiger partial charge in [-0.15, -0.1) is 5.10 Å². The lowest BCUT2D eigenvalue weighted by Crippen LogP contribution is -2.13. The zero-order chi connectivity index (χ0) is 15.5. The number of carbonyl (C=O) groups is 1. The van der Waals surface area contributed by atoms with Gasteiger partial charge in [-0.3, -0.25) is 0 Å². The van der Waals surface area contributed by atoms with E-state index in [4.69, 9.17) is 16.3 Å². The van der Waals surface area contributed by atoms with Crippen molar-refractivity contribution in [3.63, 3.8) is 0 Å². The number of hydrogen-bond donors (Lipinski definition) is 0. The number of halogens is 1. The van der Waals surface area contributed by atoms with Gasteiger partial charge >= 0.3 is 5.97 Å². The van der Waals surface area contributed by atoms with Crippen molar-refractivity contribution in [3.05, 3.63) is 39.9 Å². The minimum Gasteiger partial charge on any atom is -0.455 e. The molecule has 0 unspecified atom stereocenters. The van der Waals surface area contributed by atoms with Crippen molar-refractivity contribution in [3.8, 4) is 0 Å². The SMILES string of the molecule is CCS(=O)(=O)c1ccccc1C(=O)OCc1nnsc1Cl. The first kappa shape index (κ1) is 15.9. The summed E-state index contributed by atoms with van der Waals surface area (Å²) in [7, 11) is -3.51. The standard InChI is InChI=1S/C12H11ClN2O4S2/c1-2-21(17,18)10-6-4-3-5-8(10)12(16)19-7-9-11(13)20-15-14-9/h3-6H,2,7H2,1H3. The van der Waals surface area contributed by atoms with Gasteiger partial charge in [-0.05, 0) is 12.1 Å². The van der Waals surface area contributed by atoms with Gasteiger partial charge in [0.25, 0.3) is 0 Å². The van der Waals surface area contributed by atoms with E-state index in [1.165, 1.54) is 19.1 Å². The fraction of sp³-hybridized carbons (Fsp3) is 0.250. The lowest BCUT2D eigenvalue weighted by Gasteiger charge is -2.08. The molecule has 0 fully saturated rings. The summed E-state index contributed by atoms with van der Waals surface area (Å²) in [5.41, 5.74) is 0.338. The average Bonchev–Trinajstić information content (AvgIpc) is 2.90. The molecule has 2 rings (SSSR count). The summed E-state index contributed by atoms with van der Waals surface area (Å²) >= 11 is 6.78. The van der Waals surface area contributed by atoms with Crippen LogP contribution in [0.15, 0.2) is 29.2 Å². The molecule has 6 nitrogen and oxygen atoms in total. The first-order valence-corrected chi connectivity index (χ1v) is 8.71. The maximum Gasteiger partial charge on any atom is 0.339 e. The number of hydrogen-bond acceptors (Lipinski definition) is 7. The molecule has 9 heteroatoms. The third kappa shape index (κ3) is 3.58. The zero-order valence-electron chi connectivity index (χ0n) is 10.9. The number of carbonyl (C=O) groups excluding carboxylic acids is 1. The largest absolute Gasteiger partial charge is 0.455 e. The summed E-state index contributed by atoms with van der Waals surface area (Å²) in [4.78, 5) is 12.0. The van der Waals surface area contributed by atoms with E-state index in [2.05, 4.69) is 9.59 Å². The van der Waals surface area contributed by atoms with Crippen molar-refractivity contribution >= 4 is 38.9 Å². The Hall–Kier alpha value is -1.51. The van der Waals surface area contributed by atoms with Crippen LogP contribution in [0.25, 0.3) is 0 Å². The number of esters is 1. The number of sulfone groups is 1. The van der Waals surface area contributed by atoms with E-state index in [1.807, 2.05) is 0 Å². The molecule has 0 radical (unpaired) electrons. The molecular weight excluding hydrogens is 336 g/mol. The third-order valence-corrected chi connectivity index (χ3v) is 5.44. The van der Waals surface area contributed by atoms with E-state index >= 15 is 0 Å². The highest BCUT2D eigenvalue weighted by Gasteiger charge is 2.22. The highest BCUT2D eigenvalue weighted by atomic mass is 35.5. The Bertz CT molecular complexity index is 758. The Labute approximate surface area is 130 Å². The lowest BCUT2D eigenvalue weighted by atomic mass is 10.2. The first-order chi connectivity index (χ1) is 9.95. The molecule has 0 spiro atoms. The third-order valence-electron chi connectivity index (χ3n) is 2.67. The van der Waals surface area contributed by atoms with Crippen LogP contribution in [0.1, 0.15) is 23.0 Å². The van der Waals surface area contributed by atoms with Gasteiger partial charge in [0, 0.05) is 11.5 Å². The van der Waals surface area contributed by atoms with Crippen LogP contribution >= 0.6 is 23.1 Å². The molecule has 1 aromatic heterocycles. The maximum absolute atomic E-state index is 12.1. The van der Waals surface area contributed by atoms with Crippen molar-refractivity contribution in [2.24, 2.45) is 0 Å². The Morgan fingerprint density at radius 1 is 1.38 bits per heavy atom. The molecule has 0 aliphatic heterocycles. The van der Waals surface area contributed by atoms with E-state index in [0.29, 0.717) is 10.0 Å². The molecule has 112 valence electrons. The molecule has 0 amide bonds. The van der Waals surface area contributed by atoms with Crippen molar-refractivity contribution in [1.29, 1.82) is 0 Å². The smallest absolute Gasteiger partial charge is 0.339 e. The topological polar surface area (TPSA) is 86.2 Å². The molecule has 0 atom stereocenters. The highest BCUT2D eigenvalue weighted by molar-refractivity contribution is 7.91. The molecule has 0 aliphatic rings.